The summed E-state index contributed by atoms with van der Waals surface area (Å²) in [5.41, 5.74) is 7.67. The molecule has 0 saturated heterocycles. The number of carbonyl (C=O) groups is 1. The third-order valence-electron chi connectivity index (χ3n) is 2.21. The quantitative estimate of drug-likeness (QED) is 0.786. The number of carbonyl (C=O) groups excluding carboxylic acids is 1. The lowest BCUT2D eigenvalue weighted by atomic mass is 10.0. The van der Waals surface area contributed by atoms with Crippen molar-refractivity contribution in [3.05, 3.63) is 29.8 Å². The maximum absolute atomic E-state index is 11.0. The van der Waals surface area contributed by atoms with E-state index in [2.05, 4.69) is 0 Å². The highest BCUT2D eigenvalue weighted by atomic mass is 16.1. The maximum atomic E-state index is 11.0. The monoisotopic (exact) mass is 192 g/mol. The van der Waals surface area contributed by atoms with E-state index in [-0.39, 0.29) is 5.78 Å². The Kier molecular flexibility index (Phi) is 3.25. The molecule has 0 aromatic heterocycles. The largest absolute Gasteiger partial charge is 0.378 e. The molecule has 0 amide bonds. The van der Waals surface area contributed by atoms with Crippen LogP contribution in [0.3, 0.4) is 0 Å². The van der Waals surface area contributed by atoms with E-state index in [1.54, 1.807) is 0 Å². The van der Waals surface area contributed by atoms with Gasteiger partial charge in [0.2, 0.25) is 0 Å². The number of rotatable bonds is 3. The van der Waals surface area contributed by atoms with Gasteiger partial charge in [0, 0.05) is 19.8 Å². The highest BCUT2D eigenvalue weighted by Crippen LogP contribution is 2.16. The third kappa shape index (κ3) is 2.33. The number of ketones is 1. The van der Waals surface area contributed by atoms with Crippen molar-refractivity contribution in [2.45, 2.75) is 13.0 Å². The molecule has 0 radical (unpaired) electrons. The summed E-state index contributed by atoms with van der Waals surface area (Å²) in [5.74, 6) is -0.0115. The SMILES string of the molecule is CC(=O)C(N)c1ccc(N(C)C)cc1. The van der Waals surface area contributed by atoms with E-state index in [0.29, 0.717) is 0 Å². The first kappa shape index (κ1) is 10.7. The Hall–Kier alpha value is -1.35. The number of anilines is 1. The second kappa shape index (κ2) is 4.24. The fourth-order valence-electron chi connectivity index (χ4n) is 1.21. The van der Waals surface area contributed by atoms with Gasteiger partial charge in [0.15, 0.2) is 5.78 Å². The Morgan fingerprint density at radius 2 is 1.79 bits per heavy atom. The molecule has 0 aliphatic heterocycles. The Balaban J connectivity index is 2.88. The molecular weight excluding hydrogens is 176 g/mol. The molecule has 2 N–H and O–H groups in total. The summed E-state index contributed by atoms with van der Waals surface area (Å²) in [7, 11) is 3.94. The lowest BCUT2D eigenvalue weighted by Crippen LogP contribution is -2.18. The molecule has 1 unspecified atom stereocenters. The average molecular weight is 192 g/mol. The van der Waals surface area contributed by atoms with Crippen molar-refractivity contribution < 1.29 is 4.79 Å². The zero-order valence-electron chi connectivity index (χ0n) is 8.82. The summed E-state index contributed by atoms with van der Waals surface area (Å²) in [6.45, 7) is 1.50. The Morgan fingerprint density at radius 1 is 1.29 bits per heavy atom. The van der Waals surface area contributed by atoms with Crippen LogP contribution in [-0.4, -0.2) is 19.9 Å². The molecule has 1 aromatic rings. The zero-order valence-corrected chi connectivity index (χ0v) is 8.82. The molecule has 0 heterocycles. The molecule has 1 rings (SSSR count). The van der Waals surface area contributed by atoms with E-state index in [1.807, 2.05) is 43.3 Å². The summed E-state index contributed by atoms with van der Waals surface area (Å²) in [5, 5.41) is 0. The second-order valence-electron chi connectivity index (χ2n) is 3.57. The van der Waals surface area contributed by atoms with Crippen molar-refractivity contribution in [3.8, 4) is 0 Å². The Bertz CT molecular complexity index is 317. The topological polar surface area (TPSA) is 46.3 Å². The van der Waals surface area contributed by atoms with Gasteiger partial charge in [0.25, 0.3) is 0 Å². The van der Waals surface area contributed by atoms with Crippen molar-refractivity contribution in [1.82, 2.24) is 0 Å². The van der Waals surface area contributed by atoms with Crippen LogP contribution >= 0.6 is 0 Å². The van der Waals surface area contributed by atoms with E-state index in [9.17, 15) is 4.79 Å². The third-order valence-corrected chi connectivity index (χ3v) is 2.21. The minimum Gasteiger partial charge on any atom is -0.378 e. The Labute approximate surface area is 84.5 Å². The van der Waals surface area contributed by atoms with Crippen LogP contribution in [0.25, 0.3) is 0 Å². The van der Waals surface area contributed by atoms with E-state index in [1.165, 1.54) is 6.92 Å². The van der Waals surface area contributed by atoms with Gasteiger partial charge in [-0.1, -0.05) is 12.1 Å². The predicted octanol–water partition coefficient (Wildman–Crippen LogP) is 1.34. The zero-order chi connectivity index (χ0) is 10.7. The van der Waals surface area contributed by atoms with Gasteiger partial charge in [-0.2, -0.15) is 0 Å². The fraction of sp³-hybridized carbons (Fsp3) is 0.364. The van der Waals surface area contributed by atoms with Crippen molar-refractivity contribution in [2.24, 2.45) is 5.73 Å². The first-order valence-corrected chi connectivity index (χ1v) is 4.55. The van der Waals surface area contributed by atoms with Crippen LogP contribution < -0.4 is 10.6 Å². The Morgan fingerprint density at radius 3 is 2.14 bits per heavy atom. The predicted molar refractivity (Wildman–Crippen MR) is 58.4 cm³/mol. The van der Waals surface area contributed by atoms with Gasteiger partial charge >= 0.3 is 0 Å². The molecule has 0 aliphatic rings. The highest BCUT2D eigenvalue weighted by Gasteiger charge is 2.10. The van der Waals surface area contributed by atoms with Gasteiger partial charge in [-0.05, 0) is 24.6 Å². The standard InChI is InChI=1S/C11H16N2O/c1-8(14)11(12)9-4-6-10(7-5-9)13(2)3/h4-7,11H,12H2,1-3H3. The lowest BCUT2D eigenvalue weighted by molar-refractivity contribution is -0.118. The van der Waals surface area contributed by atoms with Crippen LogP contribution in [-0.2, 0) is 4.79 Å². The molecular formula is C11H16N2O. The molecule has 0 bridgehead atoms. The number of Topliss-reactive ketones (excluding diaryl/α,β-unsaturated/α-hetero) is 1. The van der Waals surface area contributed by atoms with Gasteiger partial charge in [-0.3, -0.25) is 4.79 Å². The normalized spacial score (nSPS) is 12.3. The van der Waals surface area contributed by atoms with E-state index in [4.69, 9.17) is 5.73 Å². The van der Waals surface area contributed by atoms with E-state index < -0.39 is 6.04 Å². The summed E-state index contributed by atoms with van der Waals surface area (Å²) in [4.78, 5) is 13.0. The summed E-state index contributed by atoms with van der Waals surface area (Å²) < 4.78 is 0. The highest BCUT2D eigenvalue weighted by molar-refractivity contribution is 5.82. The van der Waals surface area contributed by atoms with Gasteiger partial charge < -0.3 is 10.6 Å². The number of hydrogen-bond acceptors (Lipinski definition) is 3. The van der Waals surface area contributed by atoms with E-state index in [0.717, 1.165) is 11.3 Å². The summed E-state index contributed by atoms with van der Waals surface area (Å²) >= 11 is 0. The molecule has 1 atom stereocenters. The van der Waals surface area contributed by atoms with Crippen LogP contribution in [0.5, 0.6) is 0 Å². The fourth-order valence-corrected chi connectivity index (χ4v) is 1.21. The second-order valence-corrected chi connectivity index (χ2v) is 3.57. The van der Waals surface area contributed by atoms with E-state index >= 15 is 0 Å². The minimum atomic E-state index is -0.494. The number of hydrogen-bond donors (Lipinski definition) is 1. The minimum absolute atomic E-state index is 0.0115. The van der Waals surface area contributed by atoms with Crippen molar-refractivity contribution in [1.29, 1.82) is 0 Å². The molecule has 3 nitrogen and oxygen atoms in total. The van der Waals surface area contributed by atoms with Crippen molar-refractivity contribution >= 4 is 11.5 Å². The number of nitrogens with zero attached hydrogens (tertiary/aromatic N) is 1. The van der Waals surface area contributed by atoms with Gasteiger partial charge in [-0.15, -0.1) is 0 Å². The van der Waals surface area contributed by atoms with Gasteiger partial charge in [0.1, 0.15) is 0 Å². The number of benzene rings is 1. The smallest absolute Gasteiger partial charge is 0.150 e. The van der Waals surface area contributed by atoms with Crippen LogP contribution in [0.4, 0.5) is 5.69 Å². The van der Waals surface area contributed by atoms with Crippen LogP contribution in [0.1, 0.15) is 18.5 Å². The van der Waals surface area contributed by atoms with Crippen LogP contribution in [0, 0.1) is 0 Å². The van der Waals surface area contributed by atoms with Crippen LogP contribution in [0.15, 0.2) is 24.3 Å². The first-order chi connectivity index (χ1) is 6.52. The average Bonchev–Trinajstić information content (AvgIpc) is 2.16. The lowest BCUT2D eigenvalue weighted by Gasteiger charge is -2.14. The molecule has 0 aliphatic carbocycles. The van der Waals surface area contributed by atoms with Gasteiger partial charge in [0.05, 0.1) is 6.04 Å². The first-order valence-electron chi connectivity index (χ1n) is 4.55. The molecule has 1 aromatic carbocycles. The van der Waals surface area contributed by atoms with Crippen molar-refractivity contribution in [3.63, 3.8) is 0 Å². The summed E-state index contributed by atoms with van der Waals surface area (Å²) in [6.07, 6.45) is 0. The molecule has 0 saturated carbocycles. The van der Waals surface area contributed by atoms with Gasteiger partial charge in [-0.25, -0.2) is 0 Å². The van der Waals surface area contributed by atoms with Crippen molar-refractivity contribution in [2.75, 3.05) is 19.0 Å². The number of nitrogens with two attached hydrogens (primary N) is 1. The molecule has 76 valence electrons. The maximum Gasteiger partial charge on any atom is 0.150 e. The molecule has 0 spiro atoms. The molecule has 14 heavy (non-hydrogen) atoms. The van der Waals surface area contributed by atoms with Crippen LogP contribution in [0.2, 0.25) is 0 Å². The molecule has 0 fully saturated rings. The summed E-state index contributed by atoms with van der Waals surface area (Å²) in [6, 6.07) is 7.20. The molecule has 3 heteroatoms.